The quantitative estimate of drug-likeness (QED) is 0.169. The molecular formula is C54H34N4. The minimum Gasteiger partial charge on any atom is -0.310 e. The van der Waals surface area contributed by atoms with Crippen LogP contribution in [0, 0.1) is 0 Å². The number of anilines is 6. The molecule has 0 atom stereocenters. The summed E-state index contributed by atoms with van der Waals surface area (Å²) in [5, 5.41) is 10.3. The topological polar surface area (TPSA) is 15.3 Å². The molecular weight excluding hydrogens is 705 g/mol. The van der Waals surface area contributed by atoms with Crippen molar-refractivity contribution in [2.24, 2.45) is 0 Å². The molecule has 0 spiro atoms. The van der Waals surface area contributed by atoms with Gasteiger partial charge in [-0.2, -0.15) is 0 Å². The van der Waals surface area contributed by atoms with Crippen LogP contribution < -0.4 is 9.80 Å². The molecule has 4 nitrogen and oxygen atoms in total. The molecule has 0 bridgehead atoms. The van der Waals surface area contributed by atoms with Gasteiger partial charge in [0.05, 0.1) is 33.1 Å². The zero-order chi connectivity index (χ0) is 37.9. The van der Waals surface area contributed by atoms with Crippen molar-refractivity contribution in [3.63, 3.8) is 0 Å². The third-order valence-electron chi connectivity index (χ3n) is 12.3. The van der Waals surface area contributed by atoms with E-state index in [0.717, 1.165) is 34.1 Å². The zero-order valence-electron chi connectivity index (χ0n) is 31.4. The summed E-state index contributed by atoms with van der Waals surface area (Å²) in [5.74, 6) is 0. The van der Waals surface area contributed by atoms with Gasteiger partial charge < -0.3 is 18.6 Å². The van der Waals surface area contributed by atoms with E-state index in [1.54, 1.807) is 0 Å². The maximum atomic E-state index is 2.54. The first-order chi connectivity index (χ1) is 28.8. The van der Waals surface area contributed by atoms with E-state index in [-0.39, 0.29) is 0 Å². The monoisotopic (exact) mass is 738 g/mol. The Kier molecular flexibility index (Phi) is 6.41. The second-order valence-electron chi connectivity index (χ2n) is 15.3. The number of hydrogen-bond acceptors (Lipinski definition) is 2. The Morgan fingerprint density at radius 1 is 0.241 bits per heavy atom. The summed E-state index contributed by atoms with van der Waals surface area (Å²) < 4.78 is 5.08. The summed E-state index contributed by atoms with van der Waals surface area (Å²) in [6, 6.07) is 75.0. The predicted octanol–water partition coefficient (Wildman–Crippen LogP) is 14.9. The van der Waals surface area contributed by atoms with E-state index in [1.807, 2.05) is 0 Å². The number of rotatable bonds is 6. The Labute approximate surface area is 333 Å². The summed E-state index contributed by atoms with van der Waals surface area (Å²) in [7, 11) is 0. The van der Waals surface area contributed by atoms with Crippen LogP contribution in [0.5, 0.6) is 0 Å². The van der Waals surface area contributed by atoms with Gasteiger partial charge in [0.25, 0.3) is 0 Å². The molecule has 0 unspecified atom stereocenters. The van der Waals surface area contributed by atoms with Gasteiger partial charge in [0, 0.05) is 77.2 Å². The Hall–Kier alpha value is -7.82. The molecule has 0 fully saturated rings. The zero-order valence-corrected chi connectivity index (χ0v) is 31.4. The Morgan fingerprint density at radius 3 is 0.897 bits per heavy atom. The van der Waals surface area contributed by atoms with Gasteiger partial charge in [-0.15, -0.1) is 0 Å². The molecule has 4 heterocycles. The Bertz CT molecular complexity index is 3340. The third kappa shape index (κ3) is 4.18. The molecule has 270 valence electrons. The molecule has 0 amide bonds. The predicted molar refractivity (Wildman–Crippen MR) is 245 cm³/mol. The Balaban J connectivity index is 1.20. The summed E-state index contributed by atoms with van der Waals surface area (Å²) in [4.78, 5) is 4.75. The van der Waals surface area contributed by atoms with E-state index in [9.17, 15) is 0 Å². The van der Waals surface area contributed by atoms with Crippen LogP contribution in [0.2, 0.25) is 0 Å². The summed E-state index contributed by atoms with van der Waals surface area (Å²) in [6.07, 6.45) is 0. The SMILES string of the molecule is c1ccc(N(c2ccccc2)c2ccc3c(c2)c2c4c5ccccc5n5c6ccc(N(c7ccccc7)c7ccccc7)cc6c(c6c7ccccc7n3c62)c45)cc1. The maximum Gasteiger partial charge on any atom is 0.0634 e. The second kappa shape index (κ2) is 11.8. The van der Waals surface area contributed by atoms with Gasteiger partial charge >= 0.3 is 0 Å². The van der Waals surface area contributed by atoms with E-state index in [1.165, 1.54) is 76.2 Å². The van der Waals surface area contributed by atoms with Crippen molar-refractivity contribution in [3.8, 4) is 0 Å². The first-order valence-corrected chi connectivity index (χ1v) is 20.0. The largest absolute Gasteiger partial charge is 0.310 e. The van der Waals surface area contributed by atoms with Crippen molar-refractivity contribution in [2.45, 2.75) is 0 Å². The molecule has 0 aliphatic rings. The smallest absolute Gasteiger partial charge is 0.0634 e. The van der Waals surface area contributed by atoms with Gasteiger partial charge in [-0.25, -0.2) is 0 Å². The fourth-order valence-corrected chi connectivity index (χ4v) is 10.0. The fourth-order valence-electron chi connectivity index (χ4n) is 10.0. The second-order valence-corrected chi connectivity index (χ2v) is 15.3. The van der Waals surface area contributed by atoms with E-state index >= 15 is 0 Å². The van der Waals surface area contributed by atoms with Gasteiger partial charge in [0.15, 0.2) is 0 Å². The van der Waals surface area contributed by atoms with Crippen LogP contribution in [0.3, 0.4) is 0 Å². The summed E-state index contributed by atoms with van der Waals surface area (Å²) >= 11 is 0. The summed E-state index contributed by atoms with van der Waals surface area (Å²) in [6.45, 7) is 0. The van der Waals surface area contributed by atoms with Crippen molar-refractivity contribution in [3.05, 3.63) is 206 Å². The lowest BCUT2D eigenvalue weighted by molar-refractivity contribution is 1.29. The molecule has 0 radical (unpaired) electrons. The van der Waals surface area contributed by atoms with Crippen LogP contribution in [0.4, 0.5) is 34.1 Å². The van der Waals surface area contributed by atoms with Gasteiger partial charge in [0.2, 0.25) is 0 Å². The fraction of sp³-hybridized carbons (Fsp3) is 0. The molecule has 13 aromatic rings. The van der Waals surface area contributed by atoms with Crippen molar-refractivity contribution < 1.29 is 0 Å². The first-order valence-electron chi connectivity index (χ1n) is 20.0. The molecule has 4 aromatic heterocycles. The molecule has 0 aliphatic heterocycles. The average Bonchev–Trinajstić information content (AvgIpc) is 4.01. The highest BCUT2D eigenvalue weighted by Crippen LogP contribution is 2.53. The van der Waals surface area contributed by atoms with Gasteiger partial charge in [-0.3, -0.25) is 0 Å². The van der Waals surface area contributed by atoms with Gasteiger partial charge in [-0.1, -0.05) is 109 Å². The van der Waals surface area contributed by atoms with Gasteiger partial charge in [0.1, 0.15) is 0 Å². The molecule has 13 rings (SSSR count). The minimum atomic E-state index is 1.13. The number of nitrogens with zero attached hydrogens (tertiary/aromatic N) is 4. The third-order valence-corrected chi connectivity index (χ3v) is 12.3. The highest BCUT2D eigenvalue weighted by molar-refractivity contribution is 6.45. The van der Waals surface area contributed by atoms with Crippen molar-refractivity contribution in [1.82, 2.24) is 8.80 Å². The molecule has 0 saturated heterocycles. The van der Waals surface area contributed by atoms with Crippen molar-refractivity contribution in [2.75, 3.05) is 9.80 Å². The number of aromatic nitrogens is 2. The summed E-state index contributed by atoms with van der Waals surface area (Å²) in [5.41, 5.74) is 14.2. The number of fused-ring (bicyclic) bond motifs is 14. The van der Waals surface area contributed by atoms with E-state index < -0.39 is 0 Å². The minimum absolute atomic E-state index is 1.13. The van der Waals surface area contributed by atoms with Crippen LogP contribution in [0.15, 0.2) is 206 Å². The number of hydrogen-bond donors (Lipinski definition) is 0. The first kappa shape index (κ1) is 31.4. The molecule has 0 N–H and O–H groups in total. The van der Waals surface area contributed by atoms with E-state index in [4.69, 9.17) is 0 Å². The van der Waals surface area contributed by atoms with Crippen LogP contribution in [-0.4, -0.2) is 8.80 Å². The van der Waals surface area contributed by atoms with Gasteiger partial charge in [-0.05, 0) is 97.1 Å². The Morgan fingerprint density at radius 2 is 0.534 bits per heavy atom. The number of benzene rings is 9. The molecule has 0 aliphatic carbocycles. The number of para-hydroxylation sites is 6. The van der Waals surface area contributed by atoms with Crippen LogP contribution in [-0.2, 0) is 0 Å². The normalized spacial score (nSPS) is 12.1. The molecule has 4 heteroatoms. The maximum absolute atomic E-state index is 2.54. The highest BCUT2D eigenvalue weighted by atomic mass is 15.1. The highest BCUT2D eigenvalue weighted by Gasteiger charge is 2.29. The average molecular weight is 739 g/mol. The van der Waals surface area contributed by atoms with E-state index in [2.05, 4.69) is 225 Å². The van der Waals surface area contributed by atoms with Crippen molar-refractivity contribution in [1.29, 1.82) is 0 Å². The van der Waals surface area contributed by atoms with E-state index in [0.29, 0.717) is 0 Å². The van der Waals surface area contributed by atoms with Crippen molar-refractivity contribution >= 4 is 110 Å². The van der Waals surface area contributed by atoms with Crippen LogP contribution >= 0.6 is 0 Å². The van der Waals surface area contributed by atoms with Crippen LogP contribution in [0.25, 0.3) is 76.2 Å². The van der Waals surface area contributed by atoms with Crippen LogP contribution in [0.1, 0.15) is 0 Å². The lowest BCUT2D eigenvalue weighted by atomic mass is 9.97. The molecule has 58 heavy (non-hydrogen) atoms. The molecule has 0 saturated carbocycles. The lowest BCUT2D eigenvalue weighted by Gasteiger charge is -2.25. The lowest BCUT2D eigenvalue weighted by Crippen LogP contribution is -2.09. The standard InChI is InChI=1S/C54H34N4/c1-5-17-35(18-6-1)55(36-19-7-2-8-20-36)39-29-31-47-43(33-39)51-49-41-25-13-16-28-46(41)58-48-32-30-40(56(37-21-9-3-10-22-37)38-23-11-4-12-24-38)34-44(48)52(54(49)58)50-42-26-14-15-27-45(42)57(47)53(50)51/h1-34H. The molecule has 9 aromatic carbocycles.